The van der Waals surface area contributed by atoms with Crippen molar-refractivity contribution in [3.8, 4) is 10.6 Å². The molecule has 1 amide bonds. The van der Waals surface area contributed by atoms with E-state index < -0.39 is 0 Å². The lowest BCUT2D eigenvalue weighted by Gasteiger charge is -2.08. The average molecular weight is 349 g/mol. The Morgan fingerprint density at radius 3 is 2.83 bits per heavy atom. The zero-order chi connectivity index (χ0) is 16.2. The smallest absolute Gasteiger partial charge is 0.220 e. The first-order valence-electron chi connectivity index (χ1n) is 8.11. The normalized spacial score (nSPS) is 15.0. The molecule has 0 unspecified atom stereocenters. The first kappa shape index (κ1) is 16.5. The standard InChI is InChI=1S/C18H21ClN2OS/c1-12-16(11-20-17(22)10-13-6-2-3-7-13)23-18(21-12)14-8-4-5-9-15(14)19/h4-5,8-9,13H,2-3,6-7,10-11H2,1H3,(H,20,22). The molecule has 1 N–H and O–H groups in total. The Kier molecular flexibility index (Phi) is 5.34. The van der Waals surface area contributed by atoms with E-state index in [2.05, 4.69) is 10.3 Å². The Balaban J connectivity index is 1.62. The van der Waals surface area contributed by atoms with E-state index in [1.54, 1.807) is 11.3 Å². The van der Waals surface area contributed by atoms with Gasteiger partial charge in [0.2, 0.25) is 5.91 Å². The third kappa shape index (κ3) is 4.12. The van der Waals surface area contributed by atoms with Crippen LogP contribution < -0.4 is 5.32 Å². The van der Waals surface area contributed by atoms with Crippen molar-refractivity contribution in [2.75, 3.05) is 0 Å². The highest BCUT2D eigenvalue weighted by Crippen LogP contribution is 2.32. The highest BCUT2D eigenvalue weighted by atomic mass is 35.5. The summed E-state index contributed by atoms with van der Waals surface area (Å²) in [5.41, 5.74) is 1.91. The first-order valence-corrected chi connectivity index (χ1v) is 9.31. The van der Waals surface area contributed by atoms with Crippen LogP contribution in [0.5, 0.6) is 0 Å². The average Bonchev–Trinajstić information content (AvgIpc) is 3.15. The largest absolute Gasteiger partial charge is 0.351 e. The second-order valence-corrected chi connectivity index (χ2v) is 7.63. The Hall–Kier alpha value is -1.39. The number of rotatable bonds is 5. The van der Waals surface area contributed by atoms with Gasteiger partial charge in [0.15, 0.2) is 0 Å². The second-order valence-electron chi connectivity index (χ2n) is 6.14. The van der Waals surface area contributed by atoms with Crippen molar-refractivity contribution in [3.63, 3.8) is 0 Å². The van der Waals surface area contributed by atoms with E-state index >= 15 is 0 Å². The molecule has 0 bridgehead atoms. The summed E-state index contributed by atoms with van der Waals surface area (Å²) in [4.78, 5) is 17.8. The predicted molar refractivity (Wildman–Crippen MR) is 95.7 cm³/mol. The minimum Gasteiger partial charge on any atom is -0.351 e. The number of carbonyl (C=O) groups is 1. The number of hydrogen-bond acceptors (Lipinski definition) is 3. The number of nitrogens with zero attached hydrogens (tertiary/aromatic N) is 1. The zero-order valence-electron chi connectivity index (χ0n) is 13.3. The second kappa shape index (κ2) is 7.45. The van der Waals surface area contributed by atoms with Crippen molar-refractivity contribution in [1.82, 2.24) is 10.3 Å². The molecule has 1 heterocycles. The van der Waals surface area contributed by atoms with Crippen molar-refractivity contribution in [2.24, 2.45) is 5.92 Å². The molecular formula is C18H21ClN2OS. The fourth-order valence-electron chi connectivity index (χ4n) is 3.07. The lowest BCUT2D eigenvalue weighted by Crippen LogP contribution is -2.24. The van der Waals surface area contributed by atoms with Crippen molar-refractivity contribution >= 4 is 28.8 Å². The molecule has 23 heavy (non-hydrogen) atoms. The number of aryl methyl sites for hydroxylation is 1. The van der Waals surface area contributed by atoms with Gasteiger partial charge in [0.05, 0.1) is 17.3 Å². The number of amides is 1. The summed E-state index contributed by atoms with van der Waals surface area (Å²) in [5.74, 6) is 0.736. The zero-order valence-corrected chi connectivity index (χ0v) is 14.8. The molecule has 5 heteroatoms. The van der Waals surface area contributed by atoms with Crippen molar-refractivity contribution in [2.45, 2.75) is 45.6 Å². The molecule has 0 atom stereocenters. The lowest BCUT2D eigenvalue weighted by molar-refractivity contribution is -0.122. The van der Waals surface area contributed by atoms with Crippen molar-refractivity contribution in [3.05, 3.63) is 39.9 Å². The molecule has 1 aromatic carbocycles. The molecule has 1 aliphatic carbocycles. The molecule has 1 fully saturated rings. The Labute approximate surface area is 146 Å². The van der Waals surface area contributed by atoms with Crippen LogP contribution in [0.3, 0.4) is 0 Å². The number of benzene rings is 1. The third-order valence-corrected chi connectivity index (χ3v) is 5.91. The summed E-state index contributed by atoms with van der Waals surface area (Å²) in [5, 5.41) is 4.66. The Morgan fingerprint density at radius 2 is 2.09 bits per heavy atom. The highest BCUT2D eigenvalue weighted by molar-refractivity contribution is 7.15. The minimum atomic E-state index is 0.156. The van der Waals surface area contributed by atoms with E-state index in [1.165, 1.54) is 25.7 Å². The molecule has 122 valence electrons. The molecule has 3 rings (SSSR count). The van der Waals surface area contributed by atoms with Gasteiger partial charge in [-0.1, -0.05) is 42.6 Å². The summed E-state index contributed by atoms with van der Waals surface area (Å²) >= 11 is 7.84. The molecule has 2 aromatic rings. The molecular weight excluding hydrogens is 328 g/mol. The summed E-state index contributed by atoms with van der Waals surface area (Å²) in [6, 6.07) is 7.72. The lowest BCUT2D eigenvalue weighted by atomic mass is 10.0. The van der Waals surface area contributed by atoms with Gasteiger partial charge in [0.25, 0.3) is 0 Å². The van der Waals surface area contributed by atoms with E-state index in [0.717, 1.165) is 21.1 Å². The first-order chi connectivity index (χ1) is 11.1. The molecule has 1 aromatic heterocycles. The van der Waals surface area contributed by atoms with Gasteiger partial charge in [-0.05, 0) is 31.7 Å². The molecule has 0 saturated heterocycles. The van der Waals surface area contributed by atoms with Crippen LogP contribution in [0.2, 0.25) is 5.02 Å². The number of hydrogen-bond donors (Lipinski definition) is 1. The van der Waals surface area contributed by atoms with Gasteiger partial charge >= 0.3 is 0 Å². The minimum absolute atomic E-state index is 0.156. The van der Waals surface area contributed by atoms with Gasteiger partial charge < -0.3 is 5.32 Å². The van der Waals surface area contributed by atoms with Crippen LogP contribution in [0.15, 0.2) is 24.3 Å². The molecule has 1 saturated carbocycles. The maximum absolute atomic E-state index is 12.1. The van der Waals surface area contributed by atoms with Crippen LogP contribution in [0.4, 0.5) is 0 Å². The third-order valence-electron chi connectivity index (χ3n) is 4.39. The molecule has 1 aliphatic rings. The fourth-order valence-corrected chi connectivity index (χ4v) is 4.39. The monoisotopic (exact) mass is 348 g/mol. The van der Waals surface area contributed by atoms with E-state index in [1.807, 2.05) is 31.2 Å². The number of carbonyl (C=O) groups excluding carboxylic acids is 1. The van der Waals surface area contributed by atoms with Crippen LogP contribution in [0.25, 0.3) is 10.6 Å². The summed E-state index contributed by atoms with van der Waals surface area (Å²) < 4.78 is 0. The van der Waals surface area contributed by atoms with Crippen LogP contribution >= 0.6 is 22.9 Å². The topological polar surface area (TPSA) is 42.0 Å². The van der Waals surface area contributed by atoms with Gasteiger partial charge in [0, 0.05) is 16.9 Å². The van der Waals surface area contributed by atoms with Crippen LogP contribution in [-0.2, 0) is 11.3 Å². The Morgan fingerprint density at radius 1 is 1.35 bits per heavy atom. The van der Waals surface area contributed by atoms with Crippen molar-refractivity contribution < 1.29 is 4.79 Å². The van der Waals surface area contributed by atoms with Crippen molar-refractivity contribution in [1.29, 1.82) is 0 Å². The van der Waals surface area contributed by atoms with Gasteiger partial charge in [-0.25, -0.2) is 4.98 Å². The number of nitrogens with one attached hydrogen (secondary N) is 1. The van der Waals surface area contributed by atoms with Gasteiger partial charge in [-0.15, -0.1) is 11.3 Å². The fraction of sp³-hybridized carbons (Fsp3) is 0.444. The van der Waals surface area contributed by atoms with Crippen LogP contribution in [-0.4, -0.2) is 10.9 Å². The van der Waals surface area contributed by atoms with Crippen LogP contribution in [0, 0.1) is 12.8 Å². The molecule has 0 spiro atoms. The quantitative estimate of drug-likeness (QED) is 0.828. The Bertz CT molecular complexity index is 692. The summed E-state index contributed by atoms with van der Waals surface area (Å²) in [7, 11) is 0. The van der Waals surface area contributed by atoms with Gasteiger partial charge in [-0.2, -0.15) is 0 Å². The van der Waals surface area contributed by atoms with Crippen LogP contribution in [0.1, 0.15) is 42.7 Å². The van der Waals surface area contributed by atoms with E-state index in [0.29, 0.717) is 23.9 Å². The molecule has 3 nitrogen and oxygen atoms in total. The van der Waals surface area contributed by atoms with E-state index in [-0.39, 0.29) is 5.91 Å². The maximum atomic E-state index is 12.1. The number of thiazole rings is 1. The number of halogens is 1. The SMILES string of the molecule is Cc1nc(-c2ccccc2Cl)sc1CNC(=O)CC1CCCC1. The predicted octanol–water partition coefficient (Wildman–Crippen LogP) is 4.97. The van der Waals surface area contributed by atoms with E-state index in [4.69, 9.17) is 11.6 Å². The van der Waals surface area contributed by atoms with E-state index in [9.17, 15) is 4.79 Å². The highest BCUT2D eigenvalue weighted by Gasteiger charge is 2.19. The van der Waals surface area contributed by atoms with Gasteiger partial charge in [0.1, 0.15) is 5.01 Å². The maximum Gasteiger partial charge on any atom is 0.220 e. The number of aromatic nitrogens is 1. The summed E-state index contributed by atoms with van der Waals surface area (Å²) in [6.45, 7) is 2.54. The van der Waals surface area contributed by atoms with Gasteiger partial charge in [-0.3, -0.25) is 4.79 Å². The molecule has 0 aliphatic heterocycles. The summed E-state index contributed by atoms with van der Waals surface area (Å²) in [6.07, 6.45) is 5.60. The molecule has 0 radical (unpaired) electrons.